The van der Waals surface area contributed by atoms with Crippen LogP contribution >= 0.6 is 11.3 Å². The molecule has 0 unspecified atom stereocenters. The van der Waals surface area contributed by atoms with Crippen LogP contribution in [0.25, 0.3) is 10.2 Å². The van der Waals surface area contributed by atoms with Gasteiger partial charge < -0.3 is 14.5 Å². The summed E-state index contributed by atoms with van der Waals surface area (Å²) in [7, 11) is 0. The van der Waals surface area contributed by atoms with Crippen LogP contribution in [-0.4, -0.2) is 54.7 Å². The molecule has 1 amide bonds. The van der Waals surface area contributed by atoms with E-state index >= 15 is 0 Å². The molecule has 3 heterocycles. The number of fused-ring (bicyclic) bond motifs is 1. The summed E-state index contributed by atoms with van der Waals surface area (Å²) in [5, 5.41) is 0.977. The summed E-state index contributed by atoms with van der Waals surface area (Å²) in [6.07, 6.45) is 1.97. The Balaban J connectivity index is 1.58. The number of rotatable bonds is 2. The SMILES string of the molecule is O=C([C@@H]1CCCN1c1nc2ccccc2s1)N1CCOCC1. The molecule has 2 saturated heterocycles. The van der Waals surface area contributed by atoms with Gasteiger partial charge in [-0.3, -0.25) is 4.79 Å². The van der Waals surface area contributed by atoms with E-state index in [9.17, 15) is 4.79 Å². The molecule has 0 N–H and O–H groups in total. The number of thiazole rings is 1. The van der Waals surface area contributed by atoms with Crippen molar-refractivity contribution in [3.63, 3.8) is 0 Å². The maximum atomic E-state index is 12.8. The number of carbonyl (C=O) groups is 1. The number of hydrogen-bond donors (Lipinski definition) is 0. The van der Waals surface area contributed by atoms with E-state index in [-0.39, 0.29) is 11.9 Å². The minimum atomic E-state index is -0.0568. The standard InChI is InChI=1S/C16H19N3O2S/c20-15(18-8-10-21-11-9-18)13-5-3-7-19(13)16-17-12-4-1-2-6-14(12)22-16/h1-2,4,6,13H,3,5,7-11H2/t13-/m0/s1. The van der Waals surface area contributed by atoms with Crippen LogP contribution in [0.3, 0.4) is 0 Å². The van der Waals surface area contributed by atoms with Crippen LogP contribution in [0.5, 0.6) is 0 Å². The van der Waals surface area contributed by atoms with Crippen LogP contribution in [0.4, 0.5) is 5.13 Å². The Bertz CT molecular complexity index is 648. The molecule has 0 aliphatic carbocycles. The van der Waals surface area contributed by atoms with Crippen LogP contribution in [0.15, 0.2) is 24.3 Å². The topological polar surface area (TPSA) is 45.7 Å². The molecule has 1 aromatic heterocycles. The van der Waals surface area contributed by atoms with Gasteiger partial charge in [0.25, 0.3) is 0 Å². The average molecular weight is 317 g/mol. The Hall–Kier alpha value is -1.66. The highest BCUT2D eigenvalue weighted by Gasteiger charge is 2.35. The van der Waals surface area contributed by atoms with E-state index in [4.69, 9.17) is 9.72 Å². The largest absolute Gasteiger partial charge is 0.378 e. The molecule has 116 valence electrons. The average Bonchev–Trinajstić information content (AvgIpc) is 3.21. The number of morpholine rings is 1. The van der Waals surface area contributed by atoms with Crippen LogP contribution in [0.2, 0.25) is 0 Å². The lowest BCUT2D eigenvalue weighted by molar-refractivity contribution is -0.136. The van der Waals surface area contributed by atoms with Crippen molar-refractivity contribution < 1.29 is 9.53 Å². The third kappa shape index (κ3) is 2.46. The molecule has 0 radical (unpaired) electrons. The summed E-state index contributed by atoms with van der Waals surface area (Å²) in [4.78, 5) is 21.7. The van der Waals surface area contributed by atoms with Gasteiger partial charge in [-0.25, -0.2) is 4.98 Å². The lowest BCUT2D eigenvalue weighted by Crippen LogP contribution is -2.49. The third-order valence-corrected chi connectivity index (χ3v) is 5.46. The predicted molar refractivity (Wildman–Crippen MR) is 87.4 cm³/mol. The van der Waals surface area contributed by atoms with E-state index in [0.717, 1.165) is 30.0 Å². The van der Waals surface area contributed by atoms with Gasteiger partial charge in [-0.2, -0.15) is 0 Å². The number of benzene rings is 1. The highest BCUT2D eigenvalue weighted by molar-refractivity contribution is 7.22. The summed E-state index contributed by atoms with van der Waals surface area (Å²) in [5.41, 5.74) is 1.02. The first-order valence-corrected chi connectivity index (χ1v) is 8.63. The quantitative estimate of drug-likeness (QED) is 0.851. The molecule has 2 fully saturated rings. The smallest absolute Gasteiger partial charge is 0.245 e. The van der Waals surface area contributed by atoms with Crippen molar-refractivity contribution in [3.8, 4) is 0 Å². The number of hydrogen-bond acceptors (Lipinski definition) is 5. The summed E-state index contributed by atoms with van der Waals surface area (Å²) in [6, 6.07) is 8.10. The molecule has 2 aliphatic rings. The predicted octanol–water partition coefficient (Wildman–Crippen LogP) is 2.12. The first-order valence-electron chi connectivity index (χ1n) is 7.82. The zero-order chi connectivity index (χ0) is 14.9. The molecule has 22 heavy (non-hydrogen) atoms. The van der Waals surface area contributed by atoms with Crippen LogP contribution < -0.4 is 4.90 Å². The number of aromatic nitrogens is 1. The fourth-order valence-corrected chi connectivity index (χ4v) is 4.27. The Morgan fingerprint density at radius 1 is 1.23 bits per heavy atom. The Morgan fingerprint density at radius 2 is 2.05 bits per heavy atom. The Kier molecular flexibility index (Phi) is 3.72. The maximum Gasteiger partial charge on any atom is 0.245 e. The lowest BCUT2D eigenvalue weighted by Gasteiger charge is -2.32. The highest BCUT2D eigenvalue weighted by atomic mass is 32.1. The van der Waals surface area contributed by atoms with Crippen molar-refractivity contribution in [2.45, 2.75) is 18.9 Å². The van der Waals surface area contributed by atoms with Gasteiger partial charge in [-0.05, 0) is 25.0 Å². The van der Waals surface area contributed by atoms with Crippen molar-refractivity contribution in [2.24, 2.45) is 0 Å². The number of anilines is 1. The number of carbonyl (C=O) groups excluding carboxylic acids is 1. The summed E-state index contributed by atoms with van der Waals surface area (Å²) >= 11 is 1.68. The van der Waals surface area contributed by atoms with E-state index in [1.54, 1.807) is 11.3 Å². The Morgan fingerprint density at radius 3 is 2.86 bits per heavy atom. The van der Waals surface area contributed by atoms with E-state index in [1.165, 1.54) is 4.70 Å². The maximum absolute atomic E-state index is 12.8. The van der Waals surface area contributed by atoms with E-state index in [2.05, 4.69) is 11.0 Å². The first kappa shape index (κ1) is 14.0. The second-order valence-electron chi connectivity index (χ2n) is 5.75. The molecule has 1 atom stereocenters. The van der Waals surface area contributed by atoms with E-state index in [1.807, 2.05) is 23.1 Å². The number of para-hydroxylation sites is 1. The molecule has 1 aromatic carbocycles. The van der Waals surface area contributed by atoms with Crippen LogP contribution in [0, 0.1) is 0 Å². The molecule has 4 rings (SSSR count). The van der Waals surface area contributed by atoms with E-state index < -0.39 is 0 Å². The zero-order valence-electron chi connectivity index (χ0n) is 12.4. The van der Waals surface area contributed by atoms with Gasteiger partial charge in [0.2, 0.25) is 5.91 Å². The molecule has 5 nitrogen and oxygen atoms in total. The minimum Gasteiger partial charge on any atom is -0.378 e. The van der Waals surface area contributed by atoms with Crippen molar-refractivity contribution >= 4 is 32.6 Å². The number of nitrogens with zero attached hydrogens (tertiary/aromatic N) is 3. The second-order valence-corrected chi connectivity index (χ2v) is 6.76. The lowest BCUT2D eigenvalue weighted by atomic mass is 10.2. The normalized spacial score (nSPS) is 22.5. The Labute approximate surface area is 133 Å². The van der Waals surface area contributed by atoms with Gasteiger partial charge >= 0.3 is 0 Å². The van der Waals surface area contributed by atoms with Crippen molar-refractivity contribution in [1.29, 1.82) is 0 Å². The number of ether oxygens (including phenoxy) is 1. The summed E-state index contributed by atoms with van der Waals surface area (Å²) in [6.45, 7) is 3.64. The molecular weight excluding hydrogens is 298 g/mol. The van der Waals surface area contributed by atoms with Gasteiger partial charge in [-0.1, -0.05) is 23.5 Å². The monoisotopic (exact) mass is 317 g/mol. The van der Waals surface area contributed by atoms with Crippen molar-refractivity contribution in [1.82, 2.24) is 9.88 Å². The van der Waals surface area contributed by atoms with Crippen molar-refractivity contribution in [2.75, 3.05) is 37.7 Å². The van der Waals surface area contributed by atoms with Gasteiger partial charge in [0.15, 0.2) is 5.13 Å². The van der Waals surface area contributed by atoms with Crippen LogP contribution in [0.1, 0.15) is 12.8 Å². The molecule has 0 saturated carbocycles. The number of amides is 1. The molecule has 6 heteroatoms. The third-order valence-electron chi connectivity index (χ3n) is 4.39. The van der Waals surface area contributed by atoms with E-state index in [0.29, 0.717) is 26.3 Å². The first-order chi connectivity index (χ1) is 10.8. The summed E-state index contributed by atoms with van der Waals surface area (Å²) in [5.74, 6) is 0.236. The molecule has 2 aromatic rings. The molecule has 0 bridgehead atoms. The zero-order valence-corrected chi connectivity index (χ0v) is 13.2. The fourth-order valence-electron chi connectivity index (χ4n) is 3.23. The highest BCUT2D eigenvalue weighted by Crippen LogP contribution is 2.33. The van der Waals surface area contributed by atoms with Gasteiger partial charge in [0.1, 0.15) is 6.04 Å². The minimum absolute atomic E-state index is 0.0568. The summed E-state index contributed by atoms with van der Waals surface area (Å²) < 4.78 is 6.53. The molecular formula is C16H19N3O2S. The van der Waals surface area contributed by atoms with Crippen molar-refractivity contribution in [3.05, 3.63) is 24.3 Å². The molecule has 2 aliphatic heterocycles. The van der Waals surface area contributed by atoms with Crippen LogP contribution in [-0.2, 0) is 9.53 Å². The molecule has 0 spiro atoms. The van der Waals surface area contributed by atoms with Gasteiger partial charge in [0.05, 0.1) is 23.4 Å². The fraction of sp³-hybridized carbons (Fsp3) is 0.500. The van der Waals surface area contributed by atoms with Gasteiger partial charge in [-0.15, -0.1) is 0 Å². The second kappa shape index (κ2) is 5.85. The van der Waals surface area contributed by atoms with Gasteiger partial charge in [0, 0.05) is 19.6 Å².